The van der Waals surface area contributed by atoms with Crippen LogP contribution in [0, 0.1) is 11.6 Å². The molecule has 1 N–H and O–H groups in total. The molecule has 2 aliphatic heterocycles. The van der Waals surface area contributed by atoms with Crippen molar-refractivity contribution < 1.29 is 17.9 Å². The zero-order valence-electron chi connectivity index (χ0n) is 14.0. The smallest absolute Gasteiger partial charge is 0.171 e. The second-order valence-corrected chi connectivity index (χ2v) is 7.69. The number of aromatic nitrogens is 2. The lowest BCUT2D eigenvalue weighted by Crippen LogP contribution is -2.28. The van der Waals surface area contributed by atoms with Gasteiger partial charge in [-0.3, -0.25) is 4.90 Å². The summed E-state index contributed by atoms with van der Waals surface area (Å²) in [5, 5.41) is 3.77. The van der Waals surface area contributed by atoms with Crippen molar-refractivity contribution in [3.05, 3.63) is 42.1 Å². The molecule has 0 saturated carbocycles. The van der Waals surface area contributed by atoms with Gasteiger partial charge in [0.05, 0.1) is 10.2 Å². The molecule has 0 amide bonds. The third-order valence-electron chi connectivity index (χ3n) is 4.72. The Morgan fingerprint density at radius 1 is 1.22 bits per heavy atom. The average Bonchev–Trinajstić information content (AvgIpc) is 3.07. The summed E-state index contributed by atoms with van der Waals surface area (Å²) < 4.78 is 46.3. The maximum absolute atomic E-state index is 13.5. The average molecular weight is 392 g/mol. The van der Waals surface area contributed by atoms with Crippen LogP contribution in [-0.4, -0.2) is 46.6 Å². The first-order valence-electron chi connectivity index (χ1n) is 8.59. The highest BCUT2D eigenvalue weighted by Gasteiger charge is 2.46. The van der Waals surface area contributed by atoms with Crippen molar-refractivity contribution in [3.8, 4) is 10.6 Å². The van der Waals surface area contributed by atoms with Crippen LogP contribution in [0.4, 0.5) is 19.0 Å². The number of hydrogen-bond acceptors (Lipinski definition) is 6. The van der Waals surface area contributed by atoms with Gasteiger partial charge in [-0.25, -0.2) is 23.1 Å². The van der Waals surface area contributed by atoms with Crippen LogP contribution in [0.1, 0.15) is 6.42 Å². The number of rotatable bonds is 4. The highest BCUT2D eigenvalue weighted by Crippen LogP contribution is 2.33. The molecular weight excluding hydrogens is 377 g/mol. The number of ether oxygens (including phenoxy) is 1. The number of nitrogens with one attached hydrogen (secondary N) is 1. The fourth-order valence-corrected chi connectivity index (χ4v) is 4.19. The quantitative estimate of drug-likeness (QED) is 0.685. The first kappa shape index (κ1) is 16.9. The molecule has 0 bridgehead atoms. The lowest BCUT2D eigenvalue weighted by Gasteiger charge is -2.10. The second kappa shape index (κ2) is 6.43. The van der Waals surface area contributed by atoms with Gasteiger partial charge < -0.3 is 10.1 Å². The summed E-state index contributed by atoms with van der Waals surface area (Å²) in [6, 6.07) is 5.51. The predicted octanol–water partition coefficient (Wildman–Crippen LogP) is 3.77. The molecule has 27 heavy (non-hydrogen) atoms. The standard InChI is InChI=1S/C18H15F3N4OS/c19-10-3-4-25(8-10)18-16(26-18)24-15-6-13-14(7-22-15)27-17(23-13)9-1-2-11(20)12(21)5-9/h1-2,5-7,10,16,18H,3-4,8H2,(H,22,24)/t10-,16?,18?/m0/s1. The van der Waals surface area contributed by atoms with Crippen LogP contribution < -0.4 is 5.32 Å². The van der Waals surface area contributed by atoms with E-state index >= 15 is 0 Å². The van der Waals surface area contributed by atoms with E-state index in [0.717, 1.165) is 16.8 Å². The van der Waals surface area contributed by atoms with Gasteiger partial charge >= 0.3 is 0 Å². The van der Waals surface area contributed by atoms with Gasteiger partial charge in [0.25, 0.3) is 0 Å². The van der Waals surface area contributed by atoms with Crippen LogP contribution in [0.5, 0.6) is 0 Å². The molecule has 9 heteroatoms. The van der Waals surface area contributed by atoms with E-state index in [4.69, 9.17) is 4.74 Å². The van der Waals surface area contributed by atoms with E-state index in [0.29, 0.717) is 41.4 Å². The van der Waals surface area contributed by atoms with Gasteiger partial charge in [-0.15, -0.1) is 11.3 Å². The number of thiazole rings is 1. The molecular formula is C18H15F3N4OS. The number of anilines is 1. The van der Waals surface area contributed by atoms with E-state index in [-0.39, 0.29) is 12.5 Å². The molecule has 0 radical (unpaired) electrons. The van der Waals surface area contributed by atoms with Gasteiger partial charge in [0.1, 0.15) is 17.0 Å². The molecule has 5 nitrogen and oxygen atoms in total. The van der Waals surface area contributed by atoms with Gasteiger partial charge in [-0.05, 0) is 24.6 Å². The predicted molar refractivity (Wildman–Crippen MR) is 96.1 cm³/mol. The second-order valence-electron chi connectivity index (χ2n) is 6.66. The minimum absolute atomic E-state index is 0.128. The van der Waals surface area contributed by atoms with Crippen LogP contribution in [0.25, 0.3) is 20.8 Å². The number of nitrogens with zero attached hydrogens (tertiary/aromatic N) is 3. The summed E-state index contributed by atoms with van der Waals surface area (Å²) in [6.45, 7) is 1.10. The molecule has 1 aromatic carbocycles. The van der Waals surface area contributed by atoms with E-state index in [1.54, 1.807) is 12.3 Å². The Bertz CT molecular complexity index is 1010. The number of halogens is 3. The Hall–Kier alpha value is -2.23. The summed E-state index contributed by atoms with van der Waals surface area (Å²) >= 11 is 1.36. The largest absolute Gasteiger partial charge is 0.341 e. The summed E-state index contributed by atoms with van der Waals surface area (Å²) in [7, 11) is 0. The van der Waals surface area contributed by atoms with Crippen molar-refractivity contribution in [3.63, 3.8) is 0 Å². The summed E-state index contributed by atoms with van der Waals surface area (Å²) in [5.74, 6) is -1.18. The van der Waals surface area contributed by atoms with Crippen LogP contribution in [-0.2, 0) is 4.74 Å². The highest BCUT2D eigenvalue weighted by atomic mass is 32.1. The zero-order chi connectivity index (χ0) is 18.5. The zero-order valence-corrected chi connectivity index (χ0v) is 14.8. The number of epoxide rings is 1. The van der Waals surface area contributed by atoms with E-state index in [2.05, 4.69) is 15.3 Å². The summed E-state index contributed by atoms with van der Waals surface area (Å²) in [6.07, 6.45) is 1.10. The van der Waals surface area contributed by atoms with E-state index in [1.165, 1.54) is 17.4 Å². The van der Waals surface area contributed by atoms with Crippen LogP contribution in [0.2, 0.25) is 0 Å². The maximum Gasteiger partial charge on any atom is 0.171 e. The van der Waals surface area contributed by atoms with E-state index in [1.807, 2.05) is 4.90 Å². The molecule has 4 heterocycles. The summed E-state index contributed by atoms with van der Waals surface area (Å²) in [5.41, 5.74) is 1.23. The molecule has 2 fully saturated rings. The number of likely N-dealkylation sites (tertiary alicyclic amines) is 1. The van der Waals surface area contributed by atoms with Crippen molar-refractivity contribution in [2.75, 3.05) is 18.4 Å². The Morgan fingerprint density at radius 3 is 2.89 bits per heavy atom. The van der Waals surface area contributed by atoms with Crippen LogP contribution in [0.15, 0.2) is 30.5 Å². The lowest BCUT2D eigenvalue weighted by atomic mass is 10.2. The first-order valence-corrected chi connectivity index (χ1v) is 9.40. The van der Waals surface area contributed by atoms with Crippen molar-refractivity contribution >= 4 is 27.4 Å². The molecule has 2 unspecified atom stereocenters. The van der Waals surface area contributed by atoms with E-state index < -0.39 is 17.8 Å². The summed E-state index contributed by atoms with van der Waals surface area (Å²) in [4.78, 5) is 10.8. The fourth-order valence-electron chi connectivity index (χ4n) is 3.27. The minimum Gasteiger partial charge on any atom is -0.341 e. The molecule has 3 atom stereocenters. The Morgan fingerprint density at radius 2 is 2.11 bits per heavy atom. The van der Waals surface area contributed by atoms with Crippen LogP contribution >= 0.6 is 11.3 Å². The molecule has 140 valence electrons. The molecule has 0 aliphatic carbocycles. The van der Waals surface area contributed by atoms with Gasteiger partial charge in [0, 0.05) is 30.9 Å². The molecule has 2 saturated heterocycles. The monoisotopic (exact) mass is 392 g/mol. The lowest BCUT2D eigenvalue weighted by molar-refractivity contribution is 0.196. The Labute approximate surface area is 156 Å². The number of pyridine rings is 1. The van der Waals surface area contributed by atoms with Crippen molar-refractivity contribution in [1.29, 1.82) is 0 Å². The van der Waals surface area contributed by atoms with Gasteiger partial charge in [-0.2, -0.15) is 0 Å². The topological polar surface area (TPSA) is 53.6 Å². The normalized spacial score (nSPS) is 25.2. The molecule has 2 aliphatic rings. The minimum atomic E-state index is -0.901. The molecule has 2 aromatic heterocycles. The van der Waals surface area contributed by atoms with Crippen LogP contribution in [0.3, 0.4) is 0 Å². The van der Waals surface area contributed by atoms with Crippen molar-refractivity contribution in [2.24, 2.45) is 0 Å². The maximum atomic E-state index is 13.5. The third kappa shape index (κ3) is 3.26. The molecule has 3 aromatic rings. The number of hydrogen-bond donors (Lipinski definition) is 1. The first-order chi connectivity index (χ1) is 13.1. The van der Waals surface area contributed by atoms with E-state index in [9.17, 15) is 13.2 Å². The third-order valence-corrected chi connectivity index (χ3v) is 5.78. The molecule has 5 rings (SSSR count). The SMILES string of the molecule is Fc1ccc(-c2nc3cc(NC4OC4N4CC[C@H](F)C4)ncc3s2)cc1F. The van der Waals surface area contributed by atoms with Gasteiger partial charge in [0.2, 0.25) is 0 Å². The Balaban J connectivity index is 1.33. The Kier molecular flexibility index (Phi) is 4.03. The van der Waals surface area contributed by atoms with Gasteiger partial charge in [-0.1, -0.05) is 0 Å². The van der Waals surface area contributed by atoms with Crippen molar-refractivity contribution in [2.45, 2.75) is 25.0 Å². The van der Waals surface area contributed by atoms with Gasteiger partial charge in [0.15, 0.2) is 24.1 Å². The highest BCUT2D eigenvalue weighted by molar-refractivity contribution is 7.21. The number of fused-ring (bicyclic) bond motifs is 1. The number of benzene rings is 1. The fraction of sp³-hybridized carbons (Fsp3) is 0.333. The number of alkyl halides is 1. The van der Waals surface area contributed by atoms with Crippen molar-refractivity contribution in [1.82, 2.24) is 14.9 Å². The molecule has 0 spiro atoms.